The van der Waals surface area contributed by atoms with E-state index < -0.39 is 0 Å². The van der Waals surface area contributed by atoms with Crippen LogP contribution in [0, 0.1) is 0 Å². The summed E-state index contributed by atoms with van der Waals surface area (Å²) in [4.78, 5) is 0. The van der Waals surface area contributed by atoms with E-state index in [0.29, 0.717) is 18.4 Å². The fourth-order valence-corrected chi connectivity index (χ4v) is 2.17. The Morgan fingerprint density at radius 1 is 1.50 bits per heavy atom. The maximum Gasteiger partial charge on any atom is 0.161 e. The molecule has 0 radical (unpaired) electrons. The van der Waals surface area contributed by atoms with Crippen LogP contribution in [0.5, 0.6) is 11.5 Å². The highest BCUT2D eigenvalue weighted by molar-refractivity contribution is 5.42. The molecule has 3 heteroatoms. The summed E-state index contributed by atoms with van der Waals surface area (Å²) in [7, 11) is 0. The SMILES string of the molecule is CCOc1cc(CC2CCCN2)ccc1O. The Morgan fingerprint density at radius 2 is 2.38 bits per heavy atom. The molecule has 0 bridgehead atoms. The lowest BCUT2D eigenvalue weighted by Gasteiger charge is -2.12. The normalized spacial score (nSPS) is 19.9. The van der Waals surface area contributed by atoms with Crippen molar-refractivity contribution in [3.63, 3.8) is 0 Å². The van der Waals surface area contributed by atoms with Crippen molar-refractivity contribution in [3.05, 3.63) is 23.8 Å². The molecule has 1 unspecified atom stereocenters. The molecule has 1 aliphatic rings. The molecule has 0 amide bonds. The zero-order valence-electron chi connectivity index (χ0n) is 9.70. The third-order valence-corrected chi connectivity index (χ3v) is 2.97. The molecule has 1 fully saturated rings. The Labute approximate surface area is 96.4 Å². The average molecular weight is 221 g/mol. The molecular formula is C13H19NO2. The summed E-state index contributed by atoms with van der Waals surface area (Å²) in [5.41, 5.74) is 1.22. The molecule has 0 spiro atoms. The zero-order chi connectivity index (χ0) is 11.4. The zero-order valence-corrected chi connectivity index (χ0v) is 9.70. The minimum absolute atomic E-state index is 0.227. The van der Waals surface area contributed by atoms with Crippen molar-refractivity contribution < 1.29 is 9.84 Å². The number of rotatable bonds is 4. The molecule has 0 aromatic heterocycles. The van der Waals surface area contributed by atoms with Crippen molar-refractivity contribution in [1.82, 2.24) is 5.32 Å². The fraction of sp³-hybridized carbons (Fsp3) is 0.538. The van der Waals surface area contributed by atoms with Gasteiger partial charge in [0.1, 0.15) is 0 Å². The second-order valence-electron chi connectivity index (χ2n) is 4.23. The first kappa shape index (κ1) is 11.3. The van der Waals surface area contributed by atoms with Crippen molar-refractivity contribution in [1.29, 1.82) is 0 Å². The van der Waals surface area contributed by atoms with E-state index in [1.807, 2.05) is 19.1 Å². The summed E-state index contributed by atoms with van der Waals surface area (Å²) in [6.07, 6.45) is 3.52. The van der Waals surface area contributed by atoms with Crippen molar-refractivity contribution in [3.8, 4) is 11.5 Å². The molecule has 16 heavy (non-hydrogen) atoms. The van der Waals surface area contributed by atoms with Gasteiger partial charge in [-0.05, 0) is 50.4 Å². The van der Waals surface area contributed by atoms with Crippen LogP contribution < -0.4 is 10.1 Å². The van der Waals surface area contributed by atoms with Crippen LogP contribution >= 0.6 is 0 Å². The van der Waals surface area contributed by atoms with Crippen LogP contribution in [-0.2, 0) is 6.42 Å². The highest BCUT2D eigenvalue weighted by Gasteiger charge is 2.15. The van der Waals surface area contributed by atoms with Crippen LogP contribution in [0.15, 0.2) is 18.2 Å². The van der Waals surface area contributed by atoms with Gasteiger partial charge in [-0.2, -0.15) is 0 Å². The number of aromatic hydroxyl groups is 1. The Balaban J connectivity index is 2.05. The molecule has 88 valence electrons. The summed E-state index contributed by atoms with van der Waals surface area (Å²) in [5, 5.41) is 13.1. The van der Waals surface area contributed by atoms with Gasteiger partial charge in [-0.3, -0.25) is 0 Å². The number of hydrogen-bond donors (Lipinski definition) is 2. The van der Waals surface area contributed by atoms with Crippen LogP contribution in [0.1, 0.15) is 25.3 Å². The Hall–Kier alpha value is -1.22. The molecule has 1 saturated heterocycles. The second kappa shape index (κ2) is 5.21. The molecule has 0 aliphatic carbocycles. The number of ether oxygens (including phenoxy) is 1. The van der Waals surface area contributed by atoms with Gasteiger partial charge in [-0.25, -0.2) is 0 Å². The number of nitrogens with one attached hydrogen (secondary N) is 1. The summed E-state index contributed by atoms with van der Waals surface area (Å²) < 4.78 is 5.37. The summed E-state index contributed by atoms with van der Waals surface area (Å²) in [6, 6.07) is 6.21. The van der Waals surface area contributed by atoms with Gasteiger partial charge >= 0.3 is 0 Å². The minimum atomic E-state index is 0.227. The first-order valence-electron chi connectivity index (χ1n) is 5.97. The first-order chi connectivity index (χ1) is 7.79. The number of phenols is 1. The quantitative estimate of drug-likeness (QED) is 0.818. The van der Waals surface area contributed by atoms with E-state index in [-0.39, 0.29) is 5.75 Å². The van der Waals surface area contributed by atoms with E-state index >= 15 is 0 Å². The molecule has 1 aromatic carbocycles. The predicted molar refractivity (Wildman–Crippen MR) is 64.0 cm³/mol. The smallest absolute Gasteiger partial charge is 0.161 e. The van der Waals surface area contributed by atoms with Crippen molar-refractivity contribution >= 4 is 0 Å². The van der Waals surface area contributed by atoms with Gasteiger partial charge in [-0.1, -0.05) is 6.07 Å². The van der Waals surface area contributed by atoms with Gasteiger partial charge in [0.15, 0.2) is 11.5 Å². The van der Waals surface area contributed by atoms with E-state index in [0.717, 1.165) is 13.0 Å². The van der Waals surface area contributed by atoms with Gasteiger partial charge in [0, 0.05) is 6.04 Å². The van der Waals surface area contributed by atoms with Gasteiger partial charge in [0.05, 0.1) is 6.61 Å². The van der Waals surface area contributed by atoms with Crippen molar-refractivity contribution in [2.45, 2.75) is 32.2 Å². The molecule has 2 rings (SSSR count). The molecule has 0 saturated carbocycles. The van der Waals surface area contributed by atoms with E-state index in [1.165, 1.54) is 18.4 Å². The third kappa shape index (κ3) is 2.67. The van der Waals surface area contributed by atoms with Crippen LogP contribution in [0.3, 0.4) is 0 Å². The van der Waals surface area contributed by atoms with E-state index in [1.54, 1.807) is 6.07 Å². The van der Waals surface area contributed by atoms with Crippen LogP contribution in [0.25, 0.3) is 0 Å². The molecule has 1 atom stereocenters. The maximum atomic E-state index is 9.59. The lowest BCUT2D eigenvalue weighted by molar-refractivity contribution is 0.317. The number of phenolic OH excluding ortho intramolecular Hbond substituents is 1. The van der Waals surface area contributed by atoms with Crippen molar-refractivity contribution in [2.75, 3.05) is 13.2 Å². The second-order valence-corrected chi connectivity index (χ2v) is 4.23. The first-order valence-corrected chi connectivity index (χ1v) is 5.97. The predicted octanol–water partition coefficient (Wildman–Crippen LogP) is 2.09. The molecule has 1 heterocycles. The summed E-state index contributed by atoms with van der Waals surface area (Å²) >= 11 is 0. The molecule has 1 aliphatic heterocycles. The van der Waals surface area contributed by atoms with Gasteiger partial charge in [-0.15, -0.1) is 0 Å². The third-order valence-electron chi connectivity index (χ3n) is 2.97. The minimum Gasteiger partial charge on any atom is -0.504 e. The Kier molecular flexibility index (Phi) is 3.67. The van der Waals surface area contributed by atoms with Crippen LogP contribution in [0.4, 0.5) is 0 Å². The standard InChI is InChI=1S/C13H19NO2/c1-2-16-13-9-10(5-6-12(13)15)8-11-4-3-7-14-11/h5-6,9,11,14-15H,2-4,7-8H2,1H3. The Bertz CT molecular complexity index is 346. The molecule has 1 aromatic rings. The van der Waals surface area contributed by atoms with E-state index in [2.05, 4.69) is 5.32 Å². The van der Waals surface area contributed by atoms with E-state index in [9.17, 15) is 5.11 Å². The molecular weight excluding hydrogens is 202 g/mol. The Morgan fingerprint density at radius 3 is 3.06 bits per heavy atom. The van der Waals surface area contributed by atoms with Crippen LogP contribution in [-0.4, -0.2) is 24.3 Å². The van der Waals surface area contributed by atoms with Crippen LogP contribution in [0.2, 0.25) is 0 Å². The van der Waals surface area contributed by atoms with E-state index in [4.69, 9.17) is 4.74 Å². The summed E-state index contributed by atoms with van der Waals surface area (Å²) in [6.45, 7) is 3.63. The number of benzene rings is 1. The maximum absolute atomic E-state index is 9.59. The fourth-order valence-electron chi connectivity index (χ4n) is 2.17. The number of hydrogen-bond acceptors (Lipinski definition) is 3. The summed E-state index contributed by atoms with van der Waals surface area (Å²) in [5.74, 6) is 0.822. The molecule has 2 N–H and O–H groups in total. The van der Waals surface area contributed by atoms with Gasteiger partial charge < -0.3 is 15.2 Å². The topological polar surface area (TPSA) is 41.5 Å². The highest BCUT2D eigenvalue weighted by Crippen LogP contribution is 2.27. The lowest BCUT2D eigenvalue weighted by atomic mass is 10.0. The largest absolute Gasteiger partial charge is 0.504 e. The monoisotopic (exact) mass is 221 g/mol. The van der Waals surface area contributed by atoms with Crippen molar-refractivity contribution in [2.24, 2.45) is 0 Å². The lowest BCUT2D eigenvalue weighted by Crippen LogP contribution is -2.23. The highest BCUT2D eigenvalue weighted by atomic mass is 16.5. The molecule has 3 nitrogen and oxygen atoms in total. The van der Waals surface area contributed by atoms with Gasteiger partial charge in [0.25, 0.3) is 0 Å². The van der Waals surface area contributed by atoms with Gasteiger partial charge in [0.2, 0.25) is 0 Å². The average Bonchev–Trinajstić information content (AvgIpc) is 2.76.